The molecule has 0 spiro atoms. The van der Waals surface area contributed by atoms with Crippen molar-refractivity contribution in [3.8, 4) is 0 Å². The van der Waals surface area contributed by atoms with Crippen LogP contribution >= 0.6 is 0 Å². The average Bonchev–Trinajstić information content (AvgIpc) is 2.88. The second kappa shape index (κ2) is 7.99. The molecule has 0 aliphatic carbocycles. The number of nitrogens with zero attached hydrogens (tertiary/aromatic N) is 2. The van der Waals surface area contributed by atoms with Crippen LogP contribution in [0.5, 0.6) is 0 Å². The van der Waals surface area contributed by atoms with E-state index in [1.165, 1.54) is 17.7 Å². The second-order valence-electron chi connectivity index (χ2n) is 5.09. The molecule has 0 bridgehead atoms. The van der Waals surface area contributed by atoms with E-state index in [2.05, 4.69) is 17.1 Å². The largest absolute Gasteiger partial charge is 0.480 e. The Morgan fingerprint density at radius 2 is 2.00 bits per heavy atom. The highest BCUT2D eigenvalue weighted by Gasteiger charge is 2.20. The highest BCUT2D eigenvalue weighted by atomic mass is 16.4. The van der Waals surface area contributed by atoms with Crippen LogP contribution in [0.25, 0.3) is 0 Å². The molecule has 0 aromatic carbocycles. The number of hydrogen-bond donors (Lipinski definition) is 2. The maximum Gasteiger partial charge on any atom is 0.323 e. The summed E-state index contributed by atoms with van der Waals surface area (Å²) in [4.78, 5) is 26.3. The molecule has 6 nitrogen and oxygen atoms in total. The smallest absolute Gasteiger partial charge is 0.323 e. The number of carbonyl (C=O) groups excluding carboxylic acids is 1. The topological polar surface area (TPSA) is 72.9 Å². The van der Waals surface area contributed by atoms with Gasteiger partial charge in [0.2, 0.25) is 0 Å². The van der Waals surface area contributed by atoms with E-state index in [1.54, 1.807) is 0 Å². The molecule has 0 aromatic rings. The molecule has 1 saturated heterocycles. The minimum atomic E-state index is -0.976. The number of aliphatic carboxylic acids is 1. The van der Waals surface area contributed by atoms with Crippen LogP contribution in [0.2, 0.25) is 0 Å². The van der Waals surface area contributed by atoms with E-state index >= 15 is 0 Å². The van der Waals surface area contributed by atoms with E-state index in [0.717, 1.165) is 19.5 Å². The number of urea groups is 1. The lowest BCUT2D eigenvalue weighted by Crippen LogP contribution is -2.47. The monoisotopic (exact) mass is 271 g/mol. The Hall–Kier alpha value is -1.30. The fourth-order valence-corrected chi connectivity index (χ4v) is 2.34. The second-order valence-corrected chi connectivity index (χ2v) is 5.09. The van der Waals surface area contributed by atoms with Crippen molar-refractivity contribution in [1.82, 2.24) is 15.1 Å². The van der Waals surface area contributed by atoms with E-state index in [-0.39, 0.29) is 12.6 Å². The lowest BCUT2D eigenvalue weighted by molar-refractivity contribution is -0.137. The molecular formula is C13H25N3O3. The van der Waals surface area contributed by atoms with Gasteiger partial charge in [0.25, 0.3) is 0 Å². The van der Waals surface area contributed by atoms with Gasteiger partial charge in [-0.05, 0) is 39.3 Å². The third-order valence-electron chi connectivity index (χ3n) is 3.42. The summed E-state index contributed by atoms with van der Waals surface area (Å²) in [6.07, 6.45) is 3.20. The van der Waals surface area contributed by atoms with Crippen LogP contribution in [0, 0.1) is 0 Å². The normalized spacial score (nSPS) is 17.2. The van der Waals surface area contributed by atoms with Crippen molar-refractivity contribution >= 4 is 12.0 Å². The number of carbonyl (C=O) groups is 2. The first-order chi connectivity index (χ1) is 9.04. The summed E-state index contributed by atoms with van der Waals surface area (Å²) in [5, 5.41) is 11.6. The Labute approximate surface area is 114 Å². The fourth-order valence-electron chi connectivity index (χ4n) is 2.34. The zero-order valence-corrected chi connectivity index (χ0v) is 11.9. The van der Waals surface area contributed by atoms with E-state index in [9.17, 15) is 9.59 Å². The highest BCUT2D eigenvalue weighted by molar-refractivity contribution is 5.80. The van der Waals surface area contributed by atoms with Crippen LogP contribution in [0.3, 0.4) is 0 Å². The van der Waals surface area contributed by atoms with Gasteiger partial charge in [0.15, 0.2) is 0 Å². The number of nitrogens with one attached hydrogen (secondary N) is 1. The van der Waals surface area contributed by atoms with Gasteiger partial charge in [-0.25, -0.2) is 4.79 Å². The van der Waals surface area contributed by atoms with E-state index in [1.807, 2.05) is 6.92 Å². The zero-order valence-electron chi connectivity index (χ0n) is 11.9. The van der Waals surface area contributed by atoms with Gasteiger partial charge in [-0.1, -0.05) is 6.92 Å². The Morgan fingerprint density at radius 3 is 2.53 bits per heavy atom. The predicted molar refractivity (Wildman–Crippen MR) is 73.2 cm³/mol. The average molecular weight is 271 g/mol. The van der Waals surface area contributed by atoms with Gasteiger partial charge < -0.3 is 15.3 Å². The molecule has 1 unspecified atom stereocenters. The van der Waals surface area contributed by atoms with Crippen molar-refractivity contribution in [3.05, 3.63) is 0 Å². The summed E-state index contributed by atoms with van der Waals surface area (Å²) in [5.41, 5.74) is 0. The van der Waals surface area contributed by atoms with Crippen LogP contribution in [0.4, 0.5) is 4.79 Å². The van der Waals surface area contributed by atoms with Crippen molar-refractivity contribution in [2.75, 3.05) is 32.7 Å². The van der Waals surface area contributed by atoms with Gasteiger partial charge in [0, 0.05) is 19.1 Å². The lowest BCUT2D eigenvalue weighted by atomic mass is 10.3. The molecular weight excluding hydrogens is 246 g/mol. The summed E-state index contributed by atoms with van der Waals surface area (Å²) in [5.74, 6) is -0.976. The molecule has 2 N–H and O–H groups in total. The Morgan fingerprint density at radius 1 is 1.37 bits per heavy atom. The van der Waals surface area contributed by atoms with Crippen molar-refractivity contribution in [2.45, 2.75) is 39.2 Å². The third-order valence-corrected chi connectivity index (χ3v) is 3.42. The number of hydrogen-bond acceptors (Lipinski definition) is 3. The summed E-state index contributed by atoms with van der Waals surface area (Å²) >= 11 is 0. The first kappa shape index (κ1) is 15.8. The van der Waals surface area contributed by atoms with Gasteiger partial charge in [0.1, 0.15) is 6.54 Å². The van der Waals surface area contributed by atoms with Gasteiger partial charge in [-0.3, -0.25) is 9.69 Å². The molecule has 0 radical (unpaired) electrons. The molecule has 1 heterocycles. The molecule has 2 amide bonds. The molecule has 0 aromatic heterocycles. The molecule has 0 saturated carbocycles. The Bertz CT molecular complexity index is 304. The number of amides is 2. The predicted octanol–water partition coefficient (Wildman–Crippen LogP) is 0.977. The summed E-state index contributed by atoms with van der Waals surface area (Å²) in [6, 6.07) is 0.0232. The molecule has 1 atom stereocenters. The molecule has 110 valence electrons. The minimum Gasteiger partial charge on any atom is -0.480 e. The zero-order chi connectivity index (χ0) is 14.3. The quantitative estimate of drug-likeness (QED) is 0.724. The van der Waals surface area contributed by atoms with Crippen molar-refractivity contribution < 1.29 is 14.7 Å². The van der Waals surface area contributed by atoms with Gasteiger partial charge in [-0.2, -0.15) is 0 Å². The molecule has 6 heteroatoms. The maximum atomic E-state index is 11.9. The van der Waals surface area contributed by atoms with E-state index in [0.29, 0.717) is 19.1 Å². The standard InChI is InChI=1S/C13H25N3O3/c1-3-6-16(10-12(17)18)13(19)14-9-11(2)15-7-4-5-8-15/h11H,3-10H2,1-2H3,(H,14,19)(H,17,18). The molecule has 19 heavy (non-hydrogen) atoms. The maximum absolute atomic E-state index is 11.9. The van der Waals surface area contributed by atoms with Crippen LogP contribution in [-0.4, -0.2) is 65.7 Å². The SMILES string of the molecule is CCCN(CC(=O)O)C(=O)NCC(C)N1CCCC1. The number of carboxylic acid groups (broad SMARTS) is 1. The van der Waals surface area contributed by atoms with Crippen molar-refractivity contribution in [2.24, 2.45) is 0 Å². The van der Waals surface area contributed by atoms with Gasteiger partial charge >= 0.3 is 12.0 Å². The van der Waals surface area contributed by atoms with Crippen LogP contribution in [-0.2, 0) is 4.79 Å². The minimum absolute atomic E-state index is 0.238. The fraction of sp³-hybridized carbons (Fsp3) is 0.846. The third kappa shape index (κ3) is 5.46. The Balaban J connectivity index is 2.35. The molecule has 1 rings (SSSR count). The summed E-state index contributed by atoms with van der Waals surface area (Å²) < 4.78 is 0. The van der Waals surface area contributed by atoms with Crippen molar-refractivity contribution in [3.63, 3.8) is 0 Å². The molecule has 1 aliphatic heterocycles. The summed E-state index contributed by atoms with van der Waals surface area (Å²) in [7, 11) is 0. The van der Waals surface area contributed by atoms with Crippen LogP contribution < -0.4 is 5.32 Å². The number of rotatable bonds is 7. The highest BCUT2D eigenvalue weighted by Crippen LogP contribution is 2.10. The summed E-state index contributed by atoms with van der Waals surface area (Å²) in [6.45, 7) is 6.99. The Kier molecular flexibility index (Phi) is 6.62. The molecule has 1 fully saturated rings. The van der Waals surface area contributed by atoms with Crippen LogP contribution in [0.1, 0.15) is 33.1 Å². The first-order valence-electron chi connectivity index (χ1n) is 7.03. The molecule has 1 aliphatic rings. The first-order valence-corrected chi connectivity index (χ1v) is 7.03. The van der Waals surface area contributed by atoms with Crippen molar-refractivity contribution in [1.29, 1.82) is 0 Å². The van der Waals surface area contributed by atoms with E-state index in [4.69, 9.17) is 5.11 Å². The number of carboxylic acids is 1. The lowest BCUT2D eigenvalue weighted by Gasteiger charge is -2.26. The number of likely N-dealkylation sites (tertiary alicyclic amines) is 1. The van der Waals surface area contributed by atoms with Crippen LogP contribution in [0.15, 0.2) is 0 Å². The van der Waals surface area contributed by atoms with Gasteiger partial charge in [0.05, 0.1) is 0 Å². The van der Waals surface area contributed by atoms with Gasteiger partial charge in [-0.15, -0.1) is 0 Å². The van der Waals surface area contributed by atoms with E-state index < -0.39 is 5.97 Å².